The maximum Gasteiger partial charge on any atom is 0.433 e. The molecule has 1 atom stereocenters. The SMILES string of the molecule is Nc1cc2[nH]c3c(c2cc1Cl)CCN(c1nccc(C(F)(F)F)n1)C3c1cnc(N2CCOCC2)nc1. The zero-order valence-corrected chi connectivity index (χ0v) is 20.2. The Morgan fingerprint density at radius 3 is 2.54 bits per heavy atom. The molecule has 2 aliphatic rings. The number of anilines is 3. The number of hydrogen-bond donors (Lipinski definition) is 2. The Kier molecular flexibility index (Phi) is 5.80. The van der Waals surface area contributed by atoms with Crippen molar-refractivity contribution in [3.05, 3.63) is 64.3 Å². The van der Waals surface area contributed by atoms with Gasteiger partial charge in [0.05, 0.1) is 23.9 Å². The highest BCUT2D eigenvalue weighted by atomic mass is 35.5. The monoisotopic (exact) mass is 530 g/mol. The van der Waals surface area contributed by atoms with E-state index in [2.05, 4.69) is 24.9 Å². The molecule has 1 fully saturated rings. The van der Waals surface area contributed by atoms with Crippen LogP contribution in [0, 0.1) is 0 Å². The molecule has 3 N–H and O–H groups in total. The molecule has 0 amide bonds. The number of nitrogen functional groups attached to an aromatic ring is 1. The van der Waals surface area contributed by atoms with Crippen molar-refractivity contribution in [3.8, 4) is 0 Å². The van der Waals surface area contributed by atoms with E-state index in [1.807, 2.05) is 11.0 Å². The van der Waals surface area contributed by atoms with Gasteiger partial charge in [0, 0.05) is 60.4 Å². The van der Waals surface area contributed by atoms with Gasteiger partial charge in [0.25, 0.3) is 0 Å². The molecule has 192 valence electrons. The zero-order valence-electron chi connectivity index (χ0n) is 19.5. The maximum atomic E-state index is 13.5. The molecule has 1 saturated heterocycles. The minimum atomic E-state index is -4.59. The first-order valence-corrected chi connectivity index (χ1v) is 12.1. The molecule has 13 heteroatoms. The number of nitrogens with zero attached hydrogens (tertiary/aromatic N) is 6. The number of alkyl halides is 3. The number of fused-ring (bicyclic) bond motifs is 3. The average molecular weight is 531 g/mol. The van der Waals surface area contributed by atoms with E-state index in [-0.39, 0.29) is 5.95 Å². The second-order valence-electron chi connectivity index (χ2n) is 8.94. The van der Waals surface area contributed by atoms with E-state index in [4.69, 9.17) is 22.1 Å². The fourth-order valence-electron chi connectivity index (χ4n) is 4.93. The standard InChI is InChI=1S/C24H22ClF3N8O/c25-16-9-15-14-2-4-36(23-30-3-1-19(34-23)24(26,27)28)21(20(14)33-18(15)10-17(16)29)13-11-31-22(32-12-13)35-5-7-37-8-6-35/h1,3,9-12,21,33H,2,4-8,29H2. The summed E-state index contributed by atoms with van der Waals surface area (Å²) in [6.07, 6.45) is 0.475. The van der Waals surface area contributed by atoms with Crippen molar-refractivity contribution < 1.29 is 17.9 Å². The number of halogens is 4. The summed E-state index contributed by atoms with van der Waals surface area (Å²) in [6.45, 7) is 2.93. The molecule has 0 bridgehead atoms. The zero-order chi connectivity index (χ0) is 25.7. The van der Waals surface area contributed by atoms with E-state index in [1.165, 1.54) is 0 Å². The number of ether oxygens (including phenoxy) is 1. The number of rotatable bonds is 3. The van der Waals surface area contributed by atoms with Gasteiger partial charge in [-0.05, 0) is 30.2 Å². The van der Waals surface area contributed by atoms with Crippen molar-refractivity contribution in [2.75, 3.05) is 48.4 Å². The molecular formula is C24H22ClF3N8O. The lowest BCUT2D eigenvalue weighted by Crippen LogP contribution is -2.38. The summed E-state index contributed by atoms with van der Waals surface area (Å²) < 4.78 is 45.8. The van der Waals surface area contributed by atoms with Crippen molar-refractivity contribution in [1.82, 2.24) is 24.9 Å². The molecule has 6 rings (SSSR count). The van der Waals surface area contributed by atoms with Gasteiger partial charge in [-0.2, -0.15) is 13.2 Å². The predicted molar refractivity (Wildman–Crippen MR) is 133 cm³/mol. The molecule has 0 aliphatic carbocycles. The van der Waals surface area contributed by atoms with Gasteiger partial charge in [0.2, 0.25) is 11.9 Å². The van der Waals surface area contributed by atoms with E-state index in [0.29, 0.717) is 61.5 Å². The Bertz CT molecular complexity index is 1450. The first-order valence-electron chi connectivity index (χ1n) is 11.7. The van der Waals surface area contributed by atoms with Crippen LogP contribution in [0.4, 0.5) is 30.8 Å². The lowest BCUT2D eigenvalue weighted by molar-refractivity contribution is -0.141. The molecule has 9 nitrogen and oxygen atoms in total. The topological polar surface area (TPSA) is 109 Å². The Labute approximate surface area is 214 Å². The van der Waals surface area contributed by atoms with Crippen molar-refractivity contribution in [1.29, 1.82) is 0 Å². The molecule has 4 aromatic rings. The second kappa shape index (κ2) is 9.03. The van der Waals surface area contributed by atoms with Crippen molar-refractivity contribution in [3.63, 3.8) is 0 Å². The van der Waals surface area contributed by atoms with Crippen molar-refractivity contribution in [2.24, 2.45) is 0 Å². The summed E-state index contributed by atoms with van der Waals surface area (Å²) in [6, 6.07) is 3.88. The molecule has 5 heterocycles. The molecule has 0 saturated carbocycles. The highest BCUT2D eigenvalue weighted by molar-refractivity contribution is 6.34. The highest BCUT2D eigenvalue weighted by Crippen LogP contribution is 2.41. The van der Waals surface area contributed by atoms with E-state index in [0.717, 1.165) is 34.4 Å². The van der Waals surface area contributed by atoms with Gasteiger partial charge in [0.15, 0.2) is 0 Å². The number of H-pyrrole nitrogens is 1. The Hall–Kier alpha value is -3.64. The lowest BCUT2D eigenvalue weighted by atomic mass is 9.94. The van der Waals surface area contributed by atoms with Gasteiger partial charge in [-0.1, -0.05) is 11.6 Å². The number of aromatic amines is 1. The lowest BCUT2D eigenvalue weighted by Gasteiger charge is -2.36. The number of hydrogen-bond acceptors (Lipinski definition) is 8. The highest BCUT2D eigenvalue weighted by Gasteiger charge is 2.37. The Morgan fingerprint density at radius 1 is 1.05 bits per heavy atom. The fourth-order valence-corrected chi connectivity index (χ4v) is 5.10. The smallest absolute Gasteiger partial charge is 0.397 e. The first kappa shape index (κ1) is 23.7. The van der Waals surface area contributed by atoms with Crippen molar-refractivity contribution >= 4 is 40.1 Å². The van der Waals surface area contributed by atoms with Gasteiger partial charge in [-0.15, -0.1) is 0 Å². The second-order valence-corrected chi connectivity index (χ2v) is 9.35. The van der Waals surface area contributed by atoms with Crippen LogP contribution in [0.2, 0.25) is 5.02 Å². The summed E-state index contributed by atoms with van der Waals surface area (Å²) in [5.41, 5.74) is 8.72. The molecule has 1 unspecified atom stereocenters. The summed E-state index contributed by atoms with van der Waals surface area (Å²) >= 11 is 6.31. The average Bonchev–Trinajstić information content (AvgIpc) is 3.25. The number of nitrogens with one attached hydrogen (secondary N) is 1. The minimum Gasteiger partial charge on any atom is -0.397 e. The first-order chi connectivity index (χ1) is 17.8. The third-order valence-electron chi connectivity index (χ3n) is 6.70. The van der Waals surface area contributed by atoms with Crippen LogP contribution in [0.25, 0.3) is 10.9 Å². The van der Waals surface area contributed by atoms with E-state index in [9.17, 15) is 13.2 Å². The van der Waals surface area contributed by atoms with Gasteiger partial charge < -0.3 is 25.3 Å². The summed E-state index contributed by atoms with van der Waals surface area (Å²) in [5.74, 6) is 0.542. The summed E-state index contributed by atoms with van der Waals surface area (Å²) in [7, 11) is 0. The fraction of sp³-hybridized carbons (Fsp3) is 0.333. The van der Waals surface area contributed by atoms with E-state index < -0.39 is 17.9 Å². The minimum absolute atomic E-state index is 0.0288. The predicted octanol–water partition coefficient (Wildman–Crippen LogP) is 3.99. The maximum absolute atomic E-state index is 13.5. The van der Waals surface area contributed by atoms with Gasteiger partial charge >= 0.3 is 6.18 Å². The van der Waals surface area contributed by atoms with Gasteiger partial charge in [0.1, 0.15) is 11.7 Å². The molecule has 0 spiro atoms. The van der Waals surface area contributed by atoms with E-state index >= 15 is 0 Å². The molecule has 2 aliphatic heterocycles. The molecule has 0 radical (unpaired) electrons. The summed E-state index contributed by atoms with van der Waals surface area (Å²) in [4.78, 5) is 24.4. The molecular weight excluding hydrogens is 509 g/mol. The number of aromatic nitrogens is 5. The third kappa shape index (κ3) is 4.29. The largest absolute Gasteiger partial charge is 0.433 e. The number of benzene rings is 1. The number of morpholine rings is 1. The quantitative estimate of drug-likeness (QED) is 0.383. The van der Waals surface area contributed by atoms with Crippen LogP contribution < -0.4 is 15.5 Å². The normalized spacial score (nSPS) is 18.3. The Morgan fingerprint density at radius 2 is 1.81 bits per heavy atom. The van der Waals surface area contributed by atoms with Gasteiger partial charge in [-0.25, -0.2) is 19.9 Å². The summed E-state index contributed by atoms with van der Waals surface area (Å²) in [5, 5.41) is 1.35. The molecule has 1 aromatic carbocycles. The van der Waals surface area contributed by atoms with Crippen LogP contribution in [0.15, 0.2) is 36.8 Å². The van der Waals surface area contributed by atoms with Gasteiger partial charge in [-0.3, -0.25) is 0 Å². The van der Waals surface area contributed by atoms with Crippen LogP contribution >= 0.6 is 11.6 Å². The molecule has 37 heavy (non-hydrogen) atoms. The van der Waals surface area contributed by atoms with Crippen LogP contribution in [0.3, 0.4) is 0 Å². The third-order valence-corrected chi connectivity index (χ3v) is 7.03. The van der Waals surface area contributed by atoms with E-state index in [1.54, 1.807) is 23.4 Å². The Balaban J connectivity index is 1.47. The van der Waals surface area contributed by atoms with Crippen LogP contribution in [-0.2, 0) is 17.3 Å². The van der Waals surface area contributed by atoms with Crippen molar-refractivity contribution in [2.45, 2.75) is 18.6 Å². The van der Waals surface area contributed by atoms with Crippen LogP contribution in [0.5, 0.6) is 0 Å². The van der Waals surface area contributed by atoms with Crippen LogP contribution in [-0.4, -0.2) is 57.8 Å². The van der Waals surface area contributed by atoms with Crippen LogP contribution in [0.1, 0.15) is 28.6 Å². The molecule has 3 aromatic heterocycles. The number of nitrogens with two attached hydrogens (primary N) is 1.